The van der Waals surface area contributed by atoms with Gasteiger partial charge in [-0.3, -0.25) is 9.48 Å². The Bertz CT molecular complexity index is 677. The van der Waals surface area contributed by atoms with Gasteiger partial charge in [-0.2, -0.15) is 19.0 Å². The number of ether oxygens (including phenoxy) is 1. The third kappa shape index (κ3) is 3.01. The molecule has 0 aromatic carbocycles. The molecule has 0 radical (unpaired) electrons. The van der Waals surface area contributed by atoms with Gasteiger partial charge in [-0.15, -0.1) is 0 Å². The summed E-state index contributed by atoms with van der Waals surface area (Å²) in [4.78, 5) is 12.1. The van der Waals surface area contributed by atoms with E-state index >= 15 is 0 Å². The van der Waals surface area contributed by atoms with Gasteiger partial charge >= 0.3 is 6.61 Å². The van der Waals surface area contributed by atoms with Crippen LogP contribution in [0.3, 0.4) is 0 Å². The largest absolute Gasteiger partial charge is 0.417 e. The van der Waals surface area contributed by atoms with Crippen molar-refractivity contribution in [1.29, 1.82) is 0 Å². The summed E-state index contributed by atoms with van der Waals surface area (Å²) in [6.45, 7) is 0.667. The second-order valence-corrected chi connectivity index (χ2v) is 4.51. The Morgan fingerprint density at radius 2 is 1.95 bits per heavy atom. The van der Waals surface area contributed by atoms with Gasteiger partial charge in [-0.1, -0.05) is 0 Å². The van der Waals surface area contributed by atoms with Gasteiger partial charge in [0.15, 0.2) is 5.69 Å². The lowest BCUT2D eigenvalue weighted by Crippen LogP contribution is -2.16. The van der Waals surface area contributed by atoms with Crippen molar-refractivity contribution in [1.82, 2.24) is 19.6 Å². The lowest BCUT2D eigenvalue weighted by molar-refractivity contribution is -0.0553. The number of hydrogen-bond donors (Lipinski definition) is 1. The summed E-state index contributed by atoms with van der Waals surface area (Å²) >= 11 is 0. The van der Waals surface area contributed by atoms with E-state index in [1.165, 1.54) is 11.7 Å². The van der Waals surface area contributed by atoms with Crippen LogP contribution in [0, 0.1) is 13.8 Å². The Balaban J connectivity index is 2.21. The summed E-state index contributed by atoms with van der Waals surface area (Å²) < 4.78 is 31.2. The number of halogens is 2. The maximum atomic E-state index is 12.2. The van der Waals surface area contributed by atoms with E-state index in [1.54, 1.807) is 7.05 Å². The number of aryl methyl sites for hydroxylation is 3. The first-order valence-corrected chi connectivity index (χ1v) is 6.10. The van der Waals surface area contributed by atoms with Crippen LogP contribution in [-0.4, -0.2) is 32.1 Å². The first kappa shape index (κ1) is 14.9. The molecule has 2 rings (SSSR count). The molecule has 2 heterocycles. The van der Waals surface area contributed by atoms with Crippen molar-refractivity contribution in [2.45, 2.75) is 20.5 Å². The number of carbonyl (C=O) groups excluding carboxylic acids is 1. The number of nitrogens with zero attached hydrogens (tertiary/aromatic N) is 4. The van der Waals surface area contributed by atoms with Crippen LogP contribution in [0.25, 0.3) is 0 Å². The van der Waals surface area contributed by atoms with Gasteiger partial charge in [-0.25, -0.2) is 4.68 Å². The second kappa shape index (κ2) is 5.51. The number of aromatic nitrogens is 4. The lowest BCUT2D eigenvalue weighted by Gasteiger charge is -2.04. The number of carbonyl (C=O) groups is 1. The zero-order valence-corrected chi connectivity index (χ0v) is 12.0. The third-order valence-electron chi connectivity index (χ3n) is 3.03. The molecule has 1 amide bonds. The molecular formula is C12H15F2N5O2. The molecular weight excluding hydrogens is 284 g/mol. The van der Waals surface area contributed by atoms with E-state index in [0.717, 1.165) is 22.0 Å². The molecule has 2 aromatic heterocycles. The fourth-order valence-corrected chi connectivity index (χ4v) is 1.87. The maximum absolute atomic E-state index is 12.2. The number of nitrogens with one attached hydrogen (secondary N) is 1. The Morgan fingerprint density at radius 3 is 2.48 bits per heavy atom. The second-order valence-electron chi connectivity index (χ2n) is 4.51. The first-order valence-electron chi connectivity index (χ1n) is 6.10. The van der Waals surface area contributed by atoms with Crippen molar-refractivity contribution < 1.29 is 18.3 Å². The minimum Gasteiger partial charge on any atom is -0.417 e. The molecule has 1 N–H and O–H groups in total. The highest BCUT2D eigenvalue weighted by molar-refractivity contribution is 6.03. The molecule has 0 bridgehead atoms. The zero-order chi connectivity index (χ0) is 15.7. The summed E-state index contributed by atoms with van der Waals surface area (Å²) in [7, 11) is 3.10. The molecule has 7 nitrogen and oxygen atoms in total. The van der Waals surface area contributed by atoms with E-state index in [9.17, 15) is 13.6 Å². The summed E-state index contributed by atoms with van der Waals surface area (Å²) in [5.41, 5.74) is 1.59. The monoisotopic (exact) mass is 299 g/mol. The predicted octanol–water partition coefficient (Wildman–Crippen LogP) is 1.62. The van der Waals surface area contributed by atoms with E-state index in [2.05, 4.69) is 20.3 Å². The van der Waals surface area contributed by atoms with Crippen molar-refractivity contribution in [3.8, 4) is 5.88 Å². The average Bonchev–Trinajstić information content (AvgIpc) is 2.85. The molecule has 114 valence electrons. The van der Waals surface area contributed by atoms with Crippen LogP contribution in [0.2, 0.25) is 0 Å². The topological polar surface area (TPSA) is 74.0 Å². The molecule has 0 aliphatic heterocycles. The summed E-state index contributed by atoms with van der Waals surface area (Å²) in [5.74, 6) is -0.187. The molecule has 9 heteroatoms. The molecule has 0 saturated carbocycles. The van der Waals surface area contributed by atoms with Crippen LogP contribution in [0.4, 0.5) is 14.6 Å². The van der Waals surface area contributed by atoms with Gasteiger partial charge in [0.2, 0.25) is 5.88 Å². The number of hydrogen-bond acceptors (Lipinski definition) is 4. The third-order valence-corrected chi connectivity index (χ3v) is 3.03. The van der Waals surface area contributed by atoms with Crippen LogP contribution < -0.4 is 10.1 Å². The minimum absolute atomic E-state index is 0.0218. The highest BCUT2D eigenvalue weighted by atomic mass is 19.3. The van der Waals surface area contributed by atoms with Crippen LogP contribution in [-0.2, 0) is 14.1 Å². The SMILES string of the molecule is Cc1nn(C)c(NC(=O)c2cc(OC(F)F)n(C)n2)c1C. The van der Waals surface area contributed by atoms with Crippen LogP contribution in [0.1, 0.15) is 21.7 Å². The number of anilines is 1. The fraction of sp³-hybridized carbons (Fsp3) is 0.417. The Kier molecular flexibility index (Phi) is 3.92. The molecule has 0 unspecified atom stereocenters. The average molecular weight is 299 g/mol. The molecule has 0 atom stereocenters. The van der Waals surface area contributed by atoms with E-state index in [-0.39, 0.29) is 11.6 Å². The molecule has 0 aliphatic rings. The number of amides is 1. The normalized spacial score (nSPS) is 11.0. The lowest BCUT2D eigenvalue weighted by atomic mass is 10.2. The van der Waals surface area contributed by atoms with Crippen LogP contribution >= 0.6 is 0 Å². The molecule has 2 aromatic rings. The Labute approximate surface area is 119 Å². The predicted molar refractivity (Wildman–Crippen MR) is 70.5 cm³/mol. The van der Waals surface area contributed by atoms with E-state index in [1.807, 2.05) is 13.8 Å². The highest BCUT2D eigenvalue weighted by Gasteiger charge is 2.19. The van der Waals surface area contributed by atoms with Crippen molar-refractivity contribution in [2.75, 3.05) is 5.32 Å². The fourth-order valence-electron chi connectivity index (χ4n) is 1.87. The standard InChI is InChI=1S/C12H15F2N5O2/c1-6-7(2)16-19(4)10(6)15-11(20)8-5-9(18(3)17-8)21-12(13)14/h5,12H,1-4H3,(H,15,20). The Hall–Kier alpha value is -2.45. The molecule has 0 fully saturated rings. The molecule has 0 saturated heterocycles. The quantitative estimate of drug-likeness (QED) is 0.931. The van der Waals surface area contributed by atoms with Crippen molar-refractivity contribution in [3.05, 3.63) is 23.0 Å². The summed E-state index contributed by atoms with van der Waals surface area (Å²) in [6.07, 6.45) is 0. The summed E-state index contributed by atoms with van der Waals surface area (Å²) in [6, 6.07) is 1.15. The maximum Gasteiger partial charge on any atom is 0.388 e. The molecule has 0 aliphatic carbocycles. The van der Waals surface area contributed by atoms with E-state index < -0.39 is 12.5 Å². The molecule has 0 spiro atoms. The van der Waals surface area contributed by atoms with Crippen molar-refractivity contribution in [3.63, 3.8) is 0 Å². The van der Waals surface area contributed by atoms with Crippen LogP contribution in [0.15, 0.2) is 6.07 Å². The summed E-state index contributed by atoms with van der Waals surface area (Å²) in [5, 5.41) is 10.7. The van der Waals surface area contributed by atoms with E-state index in [0.29, 0.717) is 5.82 Å². The molecule has 21 heavy (non-hydrogen) atoms. The zero-order valence-electron chi connectivity index (χ0n) is 12.0. The first-order chi connectivity index (χ1) is 9.79. The van der Waals surface area contributed by atoms with Gasteiger partial charge < -0.3 is 10.1 Å². The van der Waals surface area contributed by atoms with Gasteiger partial charge in [0.25, 0.3) is 5.91 Å². The van der Waals surface area contributed by atoms with Gasteiger partial charge in [0, 0.05) is 25.7 Å². The highest BCUT2D eigenvalue weighted by Crippen LogP contribution is 2.19. The van der Waals surface area contributed by atoms with Crippen molar-refractivity contribution in [2.24, 2.45) is 14.1 Å². The number of rotatable bonds is 4. The Morgan fingerprint density at radius 1 is 1.29 bits per heavy atom. The van der Waals surface area contributed by atoms with Crippen LogP contribution in [0.5, 0.6) is 5.88 Å². The number of alkyl halides is 2. The van der Waals surface area contributed by atoms with Gasteiger partial charge in [-0.05, 0) is 13.8 Å². The van der Waals surface area contributed by atoms with Gasteiger partial charge in [0.1, 0.15) is 5.82 Å². The smallest absolute Gasteiger partial charge is 0.388 e. The minimum atomic E-state index is -2.97. The van der Waals surface area contributed by atoms with Crippen molar-refractivity contribution >= 4 is 11.7 Å². The van der Waals surface area contributed by atoms with Gasteiger partial charge in [0.05, 0.1) is 5.69 Å². The van der Waals surface area contributed by atoms with E-state index in [4.69, 9.17) is 0 Å².